The van der Waals surface area contributed by atoms with Crippen LogP contribution in [0.1, 0.15) is 40.3 Å². The Labute approximate surface area is 150 Å². The van der Waals surface area contributed by atoms with Gasteiger partial charge in [0.1, 0.15) is 5.75 Å². The van der Waals surface area contributed by atoms with E-state index in [1.807, 2.05) is 18.4 Å². The largest absolute Gasteiger partial charge is 0.485 e. The zero-order chi connectivity index (χ0) is 19.5. The predicted octanol–water partition coefficient (Wildman–Crippen LogP) is 4.59. The van der Waals surface area contributed by atoms with Crippen LogP contribution >= 0.6 is 0 Å². The number of halogens is 3. The van der Waals surface area contributed by atoms with E-state index >= 15 is 0 Å². The molecule has 0 aliphatic heterocycles. The van der Waals surface area contributed by atoms with Gasteiger partial charge in [0, 0.05) is 24.1 Å². The number of benzene rings is 1. The molecule has 4 nitrogen and oxygen atoms in total. The second-order valence-corrected chi connectivity index (χ2v) is 6.16. The Balaban J connectivity index is 2.19. The van der Waals surface area contributed by atoms with Crippen LogP contribution in [0.3, 0.4) is 0 Å². The number of aromatic nitrogens is 1. The first-order valence-electron chi connectivity index (χ1n) is 8.16. The van der Waals surface area contributed by atoms with Crippen LogP contribution in [0.2, 0.25) is 0 Å². The van der Waals surface area contributed by atoms with Gasteiger partial charge < -0.3 is 14.0 Å². The average molecular weight is 369 g/mol. The number of hydrogen-bond donors (Lipinski definition) is 0. The van der Waals surface area contributed by atoms with Crippen LogP contribution in [0.15, 0.2) is 30.3 Å². The van der Waals surface area contributed by atoms with Gasteiger partial charge in [-0.1, -0.05) is 12.1 Å². The summed E-state index contributed by atoms with van der Waals surface area (Å²) in [6.45, 7) is 5.66. The quantitative estimate of drug-likeness (QED) is 0.670. The molecule has 7 heteroatoms. The summed E-state index contributed by atoms with van der Waals surface area (Å²) in [7, 11) is 1.60. The first kappa shape index (κ1) is 20.0. The third-order valence-corrected chi connectivity index (χ3v) is 4.18. The minimum atomic E-state index is -4.54. The van der Waals surface area contributed by atoms with Gasteiger partial charge in [-0.15, -0.1) is 0 Å². The average Bonchev–Trinajstić information content (AvgIpc) is 2.87. The lowest BCUT2D eigenvalue weighted by Crippen LogP contribution is -2.17. The molecule has 26 heavy (non-hydrogen) atoms. The topological polar surface area (TPSA) is 40.5 Å². The van der Waals surface area contributed by atoms with Crippen molar-refractivity contribution in [2.45, 2.75) is 33.0 Å². The molecule has 0 fully saturated rings. The summed E-state index contributed by atoms with van der Waals surface area (Å²) in [6, 6.07) is 6.62. The molecule has 0 N–H and O–H groups in total. The fourth-order valence-electron chi connectivity index (χ4n) is 3.10. The molecule has 0 radical (unpaired) electrons. The first-order chi connectivity index (χ1) is 12.2. The zero-order valence-corrected chi connectivity index (χ0v) is 15.2. The normalized spacial score (nSPS) is 12.9. The van der Waals surface area contributed by atoms with Crippen LogP contribution in [0.4, 0.5) is 13.2 Å². The number of aryl methyl sites for hydroxylation is 1. The molecule has 0 saturated carbocycles. The summed E-state index contributed by atoms with van der Waals surface area (Å²) in [5, 5.41) is 0. The van der Waals surface area contributed by atoms with E-state index in [9.17, 15) is 18.0 Å². The van der Waals surface area contributed by atoms with E-state index < -0.39 is 18.3 Å². The number of methoxy groups -OCH3 is 1. The standard InChI is InChI=1S/C19H22F3NO3/c1-12-9-15(14(3)23(12)13(2)10-25-4)17(24)11-26-18-8-6-5-7-16(18)19(20,21)22/h5-9,13H,10-11H2,1-4H3. The number of ether oxygens (including phenoxy) is 2. The Hall–Kier alpha value is -2.28. The summed E-state index contributed by atoms with van der Waals surface area (Å²) >= 11 is 0. The number of carbonyl (C=O) groups is 1. The molecule has 1 aromatic carbocycles. The Morgan fingerprint density at radius 1 is 1.23 bits per heavy atom. The fraction of sp³-hybridized carbons (Fsp3) is 0.421. The molecule has 0 aliphatic rings. The maximum atomic E-state index is 13.0. The number of Topliss-reactive ketones (excluding diaryl/α,β-unsaturated/α-hetero) is 1. The first-order valence-corrected chi connectivity index (χ1v) is 8.16. The Kier molecular flexibility index (Phi) is 6.13. The van der Waals surface area contributed by atoms with E-state index in [0.29, 0.717) is 12.2 Å². The summed E-state index contributed by atoms with van der Waals surface area (Å²) in [4.78, 5) is 12.5. The van der Waals surface area contributed by atoms with Gasteiger partial charge >= 0.3 is 6.18 Å². The summed E-state index contributed by atoms with van der Waals surface area (Å²) in [5.74, 6) is -0.721. The fourth-order valence-corrected chi connectivity index (χ4v) is 3.10. The molecule has 142 valence electrons. The van der Waals surface area contributed by atoms with Crippen LogP contribution in [-0.2, 0) is 10.9 Å². The Morgan fingerprint density at radius 3 is 2.50 bits per heavy atom. The maximum Gasteiger partial charge on any atom is 0.419 e. The highest BCUT2D eigenvalue weighted by atomic mass is 19.4. The van der Waals surface area contributed by atoms with Crippen LogP contribution in [0.5, 0.6) is 5.75 Å². The number of nitrogens with zero attached hydrogens (tertiary/aromatic N) is 1. The highest BCUT2D eigenvalue weighted by Crippen LogP contribution is 2.36. The Morgan fingerprint density at radius 2 is 1.88 bits per heavy atom. The van der Waals surface area contributed by atoms with Crippen LogP contribution in [-0.4, -0.2) is 30.7 Å². The van der Waals surface area contributed by atoms with Crippen LogP contribution in [0, 0.1) is 13.8 Å². The van der Waals surface area contributed by atoms with Crippen LogP contribution in [0.25, 0.3) is 0 Å². The number of rotatable bonds is 7. The highest BCUT2D eigenvalue weighted by molar-refractivity contribution is 5.98. The maximum absolute atomic E-state index is 13.0. The van der Waals surface area contributed by atoms with Crippen molar-refractivity contribution in [2.24, 2.45) is 0 Å². The van der Waals surface area contributed by atoms with Crippen molar-refractivity contribution < 1.29 is 27.4 Å². The van der Waals surface area contributed by atoms with Gasteiger partial charge in [-0.2, -0.15) is 13.2 Å². The molecule has 0 aliphatic carbocycles. The molecule has 1 atom stereocenters. The summed E-state index contributed by atoms with van der Waals surface area (Å²) in [5.41, 5.74) is 1.16. The SMILES string of the molecule is COCC(C)n1c(C)cc(C(=O)COc2ccccc2C(F)(F)F)c1C. The molecule has 1 heterocycles. The van der Waals surface area contributed by atoms with Crippen molar-refractivity contribution in [3.05, 3.63) is 52.8 Å². The van der Waals surface area contributed by atoms with E-state index in [4.69, 9.17) is 9.47 Å². The van der Waals surface area contributed by atoms with Crippen molar-refractivity contribution in [2.75, 3.05) is 20.3 Å². The lowest BCUT2D eigenvalue weighted by Gasteiger charge is -2.17. The van der Waals surface area contributed by atoms with Crippen molar-refractivity contribution in [3.8, 4) is 5.75 Å². The number of para-hydroxylation sites is 1. The molecular formula is C19H22F3NO3. The molecule has 1 aromatic heterocycles. The zero-order valence-electron chi connectivity index (χ0n) is 15.2. The third-order valence-electron chi connectivity index (χ3n) is 4.18. The molecule has 0 saturated heterocycles. The van der Waals surface area contributed by atoms with Gasteiger partial charge in [0.25, 0.3) is 0 Å². The molecule has 0 amide bonds. The van der Waals surface area contributed by atoms with Crippen molar-refractivity contribution >= 4 is 5.78 Å². The van der Waals surface area contributed by atoms with Crippen molar-refractivity contribution in [1.29, 1.82) is 0 Å². The number of hydrogen-bond acceptors (Lipinski definition) is 3. The van der Waals surface area contributed by atoms with Gasteiger partial charge in [0.15, 0.2) is 6.61 Å². The minimum absolute atomic E-state index is 0.0356. The lowest BCUT2D eigenvalue weighted by molar-refractivity contribution is -0.138. The second kappa shape index (κ2) is 7.95. The number of alkyl halides is 3. The van der Waals surface area contributed by atoms with Gasteiger partial charge in [-0.25, -0.2) is 0 Å². The van der Waals surface area contributed by atoms with Crippen molar-refractivity contribution in [1.82, 2.24) is 4.57 Å². The third kappa shape index (κ3) is 4.27. The summed E-state index contributed by atoms with van der Waals surface area (Å²) in [6.07, 6.45) is -4.54. The molecule has 0 bridgehead atoms. The van der Waals surface area contributed by atoms with Crippen LogP contribution < -0.4 is 4.74 Å². The number of carbonyl (C=O) groups excluding carboxylic acids is 1. The summed E-state index contributed by atoms with van der Waals surface area (Å²) < 4.78 is 51.3. The predicted molar refractivity (Wildman–Crippen MR) is 91.8 cm³/mol. The van der Waals surface area contributed by atoms with E-state index in [2.05, 4.69) is 0 Å². The van der Waals surface area contributed by atoms with Crippen molar-refractivity contribution in [3.63, 3.8) is 0 Å². The van der Waals surface area contributed by atoms with Gasteiger partial charge in [0.2, 0.25) is 5.78 Å². The smallest absolute Gasteiger partial charge is 0.419 e. The van der Waals surface area contributed by atoms with E-state index in [-0.39, 0.29) is 17.6 Å². The highest BCUT2D eigenvalue weighted by Gasteiger charge is 2.34. The molecule has 2 rings (SSSR count). The molecule has 2 aromatic rings. The van der Waals surface area contributed by atoms with Gasteiger partial charge in [0.05, 0.1) is 18.2 Å². The minimum Gasteiger partial charge on any atom is -0.485 e. The molecule has 0 spiro atoms. The molecule has 1 unspecified atom stereocenters. The van der Waals surface area contributed by atoms with Gasteiger partial charge in [-0.3, -0.25) is 4.79 Å². The van der Waals surface area contributed by atoms with E-state index in [0.717, 1.165) is 17.5 Å². The lowest BCUT2D eigenvalue weighted by atomic mass is 10.1. The van der Waals surface area contributed by atoms with E-state index in [1.54, 1.807) is 20.1 Å². The van der Waals surface area contributed by atoms with Gasteiger partial charge in [-0.05, 0) is 39.0 Å². The Bertz CT molecular complexity index is 781. The number of ketones is 1. The second-order valence-electron chi connectivity index (χ2n) is 6.16. The monoisotopic (exact) mass is 369 g/mol. The van der Waals surface area contributed by atoms with E-state index in [1.165, 1.54) is 18.2 Å². The molecular weight excluding hydrogens is 347 g/mol.